The van der Waals surface area contributed by atoms with E-state index in [2.05, 4.69) is 10.2 Å². The van der Waals surface area contributed by atoms with Crippen molar-refractivity contribution in [1.29, 1.82) is 0 Å². The molecular formula is C16H23FN2O2. The van der Waals surface area contributed by atoms with Gasteiger partial charge < -0.3 is 14.5 Å². The van der Waals surface area contributed by atoms with E-state index in [0.29, 0.717) is 6.54 Å². The van der Waals surface area contributed by atoms with Crippen LogP contribution in [0.5, 0.6) is 0 Å². The summed E-state index contributed by atoms with van der Waals surface area (Å²) in [4.78, 5) is 2.18. The van der Waals surface area contributed by atoms with Gasteiger partial charge in [-0.05, 0) is 37.7 Å². The van der Waals surface area contributed by atoms with Gasteiger partial charge in [-0.3, -0.25) is 4.90 Å². The first kappa shape index (κ1) is 15.9. The molecule has 2 rings (SSSR count). The number of furan rings is 1. The maximum Gasteiger partial charge on any atom is 0.134 e. The molecule has 1 aromatic heterocycles. The zero-order valence-corrected chi connectivity index (χ0v) is 12.9. The van der Waals surface area contributed by atoms with Crippen molar-refractivity contribution in [2.24, 2.45) is 0 Å². The largest absolute Gasteiger partial charge is 0.459 e. The quantitative estimate of drug-likeness (QED) is 0.759. The maximum absolute atomic E-state index is 13.3. The molecule has 0 bridgehead atoms. The molecular weight excluding hydrogens is 271 g/mol. The van der Waals surface area contributed by atoms with Crippen molar-refractivity contribution < 1.29 is 13.5 Å². The first-order valence-electron chi connectivity index (χ1n) is 7.17. The molecule has 0 saturated carbocycles. The molecule has 0 saturated heterocycles. The summed E-state index contributed by atoms with van der Waals surface area (Å²) in [6.07, 6.45) is 0. The Morgan fingerprint density at radius 1 is 1.33 bits per heavy atom. The van der Waals surface area contributed by atoms with Gasteiger partial charge >= 0.3 is 0 Å². The normalized spacial score (nSPS) is 11.7. The average Bonchev–Trinajstić information content (AvgIpc) is 2.75. The number of benzene rings is 1. The van der Waals surface area contributed by atoms with Crippen LogP contribution < -0.4 is 5.32 Å². The minimum absolute atomic E-state index is 0.228. The van der Waals surface area contributed by atoms with Crippen molar-refractivity contribution in [1.82, 2.24) is 10.2 Å². The van der Waals surface area contributed by atoms with Gasteiger partial charge in [-0.2, -0.15) is 0 Å². The van der Waals surface area contributed by atoms with E-state index in [9.17, 15) is 4.39 Å². The van der Waals surface area contributed by atoms with Crippen LogP contribution in [0.2, 0.25) is 0 Å². The Morgan fingerprint density at radius 2 is 2.14 bits per heavy atom. The van der Waals surface area contributed by atoms with Crippen LogP contribution >= 0.6 is 0 Å². The van der Waals surface area contributed by atoms with E-state index >= 15 is 0 Å². The zero-order valence-electron chi connectivity index (χ0n) is 12.9. The predicted molar refractivity (Wildman–Crippen MR) is 82.0 cm³/mol. The molecule has 0 unspecified atom stereocenters. The summed E-state index contributed by atoms with van der Waals surface area (Å²) < 4.78 is 24.1. The molecule has 0 spiro atoms. The number of likely N-dealkylation sites (N-methyl/N-ethyl adjacent to an activating group) is 1. The number of methoxy groups -OCH3 is 1. The number of hydrogen-bond donors (Lipinski definition) is 1. The molecule has 0 fully saturated rings. The van der Waals surface area contributed by atoms with Crippen LogP contribution in [-0.4, -0.2) is 45.3 Å². The van der Waals surface area contributed by atoms with Crippen molar-refractivity contribution in [3.8, 4) is 0 Å². The molecule has 1 N–H and O–H groups in total. The fourth-order valence-corrected chi connectivity index (χ4v) is 2.29. The number of fused-ring (bicyclic) bond motifs is 1. The molecule has 2 aromatic rings. The lowest BCUT2D eigenvalue weighted by Gasteiger charge is -2.15. The minimum atomic E-state index is -0.228. The van der Waals surface area contributed by atoms with E-state index < -0.39 is 0 Å². The highest BCUT2D eigenvalue weighted by atomic mass is 19.1. The van der Waals surface area contributed by atoms with Crippen molar-refractivity contribution in [2.75, 3.05) is 40.4 Å². The van der Waals surface area contributed by atoms with Gasteiger partial charge in [-0.15, -0.1) is 0 Å². The van der Waals surface area contributed by atoms with Gasteiger partial charge in [0.05, 0.1) is 13.2 Å². The Morgan fingerprint density at radius 3 is 2.90 bits per heavy atom. The standard InChI is InChI=1S/C16H23FN2O2/c1-12-14-10-13(17)4-5-15(14)21-16(12)11-19(2)8-6-18-7-9-20-3/h4-5,10,18H,6-9,11H2,1-3H3. The maximum atomic E-state index is 13.3. The molecule has 0 aliphatic carbocycles. The van der Waals surface area contributed by atoms with Gasteiger partial charge in [-0.1, -0.05) is 0 Å². The summed E-state index contributed by atoms with van der Waals surface area (Å²) in [7, 11) is 3.74. The molecule has 5 heteroatoms. The lowest BCUT2D eigenvalue weighted by Crippen LogP contribution is -2.30. The SMILES string of the molecule is COCCNCCN(C)Cc1oc2ccc(F)cc2c1C. The number of ether oxygens (including phenoxy) is 1. The van der Waals surface area contributed by atoms with Gasteiger partial charge in [0.15, 0.2) is 0 Å². The second-order valence-corrected chi connectivity index (χ2v) is 5.27. The molecule has 0 amide bonds. The average molecular weight is 294 g/mol. The molecule has 0 atom stereocenters. The van der Waals surface area contributed by atoms with Crippen molar-refractivity contribution in [3.05, 3.63) is 35.3 Å². The van der Waals surface area contributed by atoms with Crippen molar-refractivity contribution in [2.45, 2.75) is 13.5 Å². The van der Waals surface area contributed by atoms with E-state index in [4.69, 9.17) is 9.15 Å². The Labute approximate surface area is 124 Å². The topological polar surface area (TPSA) is 37.6 Å². The molecule has 4 nitrogen and oxygen atoms in total. The third kappa shape index (κ3) is 4.27. The Hall–Kier alpha value is -1.43. The van der Waals surface area contributed by atoms with Crippen LogP contribution in [0, 0.1) is 12.7 Å². The van der Waals surface area contributed by atoms with E-state index in [1.54, 1.807) is 13.2 Å². The smallest absolute Gasteiger partial charge is 0.134 e. The molecule has 1 aromatic carbocycles. The van der Waals surface area contributed by atoms with E-state index in [1.165, 1.54) is 12.1 Å². The second kappa shape index (κ2) is 7.54. The molecule has 0 aliphatic rings. The van der Waals surface area contributed by atoms with E-state index in [-0.39, 0.29) is 5.82 Å². The summed E-state index contributed by atoms with van der Waals surface area (Å²) in [5.41, 5.74) is 1.76. The summed E-state index contributed by atoms with van der Waals surface area (Å²) in [5.74, 6) is 0.670. The zero-order chi connectivity index (χ0) is 15.2. The third-order valence-electron chi connectivity index (χ3n) is 3.56. The van der Waals surface area contributed by atoms with Gasteiger partial charge in [0.1, 0.15) is 17.2 Å². The van der Waals surface area contributed by atoms with Gasteiger partial charge in [0.2, 0.25) is 0 Å². The lowest BCUT2D eigenvalue weighted by atomic mass is 10.1. The van der Waals surface area contributed by atoms with Gasteiger partial charge in [-0.25, -0.2) is 4.39 Å². The second-order valence-electron chi connectivity index (χ2n) is 5.27. The first-order chi connectivity index (χ1) is 10.1. The van der Waals surface area contributed by atoms with Crippen LogP contribution in [0.4, 0.5) is 4.39 Å². The molecule has 1 heterocycles. The number of halogens is 1. The van der Waals surface area contributed by atoms with Crippen LogP contribution in [-0.2, 0) is 11.3 Å². The van der Waals surface area contributed by atoms with Crippen molar-refractivity contribution in [3.63, 3.8) is 0 Å². The molecule has 0 radical (unpaired) electrons. The Kier molecular flexibility index (Phi) is 5.73. The summed E-state index contributed by atoms with van der Waals surface area (Å²) in [5, 5.41) is 4.16. The van der Waals surface area contributed by atoms with Gasteiger partial charge in [0.25, 0.3) is 0 Å². The van der Waals surface area contributed by atoms with E-state index in [0.717, 1.165) is 48.5 Å². The first-order valence-corrected chi connectivity index (χ1v) is 7.17. The minimum Gasteiger partial charge on any atom is -0.459 e. The van der Waals surface area contributed by atoms with Crippen LogP contribution in [0.15, 0.2) is 22.6 Å². The van der Waals surface area contributed by atoms with Crippen LogP contribution in [0.3, 0.4) is 0 Å². The van der Waals surface area contributed by atoms with E-state index in [1.807, 2.05) is 14.0 Å². The fraction of sp³-hybridized carbons (Fsp3) is 0.500. The number of hydrogen-bond acceptors (Lipinski definition) is 4. The number of nitrogens with one attached hydrogen (secondary N) is 1. The highest BCUT2D eigenvalue weighted by molar-refractivity contribution is 5.82. The number of aryl methyl sites for hydroxylation is 1. The summed E-state index contributed by atoms with van der Waals surface area (Å²) >= 11 is 0. The molecule has 0 aliphatic heterocycles. The number of rotatable bonds is 8. The number of nitrogens with zero attached hydrogens (tertiary/aromatic N) is 1. The van der Waals surface area contributed by atoms with Crippen LogP contribution in [0.1, 0.15) is 11.3 Å². The van der Waals surface area contributed by atoms with Crippen molar-refractivity contribution >= 4 is 11.0 Å². The highest BCUT2D eigenvalue weighted by Gasteiger charge is 2.12. The summed E-state index contributed by atoms with van der Waals surface area (Å²) in [6, 6.07) is 4.65. The third-order valence-corrected chi connectivity index (χ3v) is 3.56. The molecule has 116 valence electrons. The summed E-state index contributed by atoms with van der Waals surface area (Å²) in [6.45, 7) is 6.08. The Balaban J connectivity index is 1.91. The fourth-order valence-electron chi connectivity index (χ4n) is 2.29. The predicted octanol–water partition coefficient (Wildman–Crippen LogP) is 2.55. The van der Waals surface area contributed by atoms with Gasteiger partial charge in [0, 0.05) is 32.1 Å². The lowest BCUT2D eigenvalue weighted by molar-refractivity contribution is 0.197. The molecule has 21 heavy (non-hydrogen) atoms. The van der Waals surface area contributed by atoms with Crippen LogP contribution in [0.25, 0.3) is 11.0 Å². The Bertz CT molecular complexity index is 583. The highest BCUT2D eigenvalue weighted by Crippen LogP contribution is 2.26. The monoisotopic (exact) mass is 294 g/mol.